The Bertz CT molecular complexity index is 390. The second-order valence-electron chi connectivity index (χ2n) is 4.55. The van der Waals surface area contributed by atoms with E-state index in [2.05, 4.69) is 37.6 Å². The summed E-state index contributed by atoms with van der Waals surface area (Å²) in [6.45, 7) is 6.28. The normalized spacial score (nSPS) is 12.3. The van der Waals surface area contributed by atoms with Gasteiger partial charge in [0.05, 0.1) is 7.11 Å². The number of carbonyl (C=O) groups excluding carboxylic acids is 1. The summed E-state index contributed by atoms with van der Waals surface area (Å²) in [5.74, 6) is -0.340. The average Bonchev–Trinajstić information content (AvgIpc) is 2.26. The first-order valence-corrected chi connectivity index (χ1v) is 5.86. The number of nitrogens with two attached hydrogens (primary N) is 1. The fourth-order valence-electron chi connectivity index (χ4n) is 2.17. The van der Waals surface area contributed by atoms with Crippen LogP contribution in [0, 0.1) is 20.8 Å². The van der Waals surface area contributed by atoms with Crippen LogP contribution in [0.2, 0.25) is 0 Å². The van der Waals surface area contributed by atoms with Gasteiger partial charge in [-0.2, -0.15) is 0 Å². The van der Waals surface area contributed by atoms with E-state index in [1.165, 1.54) is 29.4 Å². The number of hydrogen-bond donors (Lipinski definition) is 1. The Morgan fingerprint density at radius 2 is 1.82 bits per heavy atom. The number of hydrogen-bond acceptors (Lipinski definition) is 3. The molecule has 0 amide bonds. The Balaban J connectivity index is 2.73. The molecule has 1 rings (SSSR count). The van der Waals surface area contributed by atoms with Gasteiger partial charge in [0, 0.05) is 0 Å². The highest BCUT2D eigenvalue weighted by molar-refractivity contribution is 5.75. The SMILES string of the molecule is COC(=O)C(N)CCc1c(C)cc(C)cc1C. The minimum absolute atomic E-state index is 0.340. The molecule has 0 aliphatic carbocycles. The number of carbonyl (C=O) groups is 1. The molecular formula is C14H21NO2. The first-order chi connectivity index (χ1) is 7.95. The molecule has 2 N–H and O–H groups in total. The molecule has 0 radical (unpaired) electrons. The molecule has 1 aromatic carbocycles. The topological polar surface area (TPSA) is 52.3 Å². The van der Waals surface area contributed by atoms with Gasteiger partial charge in [-0.25, -0.2) is 0 Å². The third-order valence-corrected chi connectivity index (χ3v) is 3.05. The van der Waals surface area contributed by atoms with Crippen LogP contribution in [-0.4, -0.2) is 19.1 Å². The van der Waals surface area contributed by atoms with Crippen molar-refractivity contribution in [3.05, 3.63) is 34.4 Å². The van der Waals surface area contributed by atoms with Crippen LogP contribution in [0.25, 0.3) is 0 Å². The molecule has 17 heavy (non-hydrogen) atoms. The Labute approximate surface area is 103 Å². The Kier molecular flexibility index (Phi) is 4.70. The third-order valence-electron chi connectivity index (χ3n) is 3.05. The molecule has 0 saturated heterocycles. The highest BCUT2D eigenvalue weighted by Crippen LogP contribution is 2.18. The quantitative estimate of drug-likeness (QED) is 0.813. The predicted molar refractivity (Wildman–Crippen MR) is 69.0 cm³/mol. The second-order valence-corrected chi connectivity index (χ2v) is 4.55. The molecule has 94 valence electrons. The van der Waals surface area contributed by atoms with E-state index in [-0.39, 0.29) is 5.97 Å². The number of methoxy groups -OCH3 is 1. The molecule has 0 bridgehead atoms. The number of rotatable bonds is 4. The van der Waals surface area contributed by atoms with E-state index in [0.717, 1.165) is 6.42 Å². The zero-order chi connectivity index (χ0) is 13.0. The maximum absolute atomic E-state index is 11.2. The summed E-state index contributed by atoms with van der Waals surface area (Å²) < 4.78 is 4.62. The highest BCUT2D eigenvalue weighted by Gasteiger charge is 2.14. The van der Waals surface area contributed by atoms with Gasteiger partial charge in [0.15, 0.2) is 0 Å². The van der Waals surface area contributed by atoms with Gasteiger partial charge in [-0.3, -0.25) is 4.79 Å². The summed E-state index contributed by atoms with van der Waals surface area (Å²) >= 11 is 0. The molecule has 0 fully saturated rings. The smallest absolute Gasteiger partial charge is 0.322 e. The van der Waals surface area contributed by atoms with Gasteiger partial charge >= 0.3 is 5.97 Å². The monoisotopic (exact) mass is 235 g/mol. The first-order valence-electron chi connectivity index (χ1n) is 5.86. The summed E-state index contributed by atoms with van der Waals surface area (Å²) in [5, 5.41) is 0. The third kappa shape index (κ3) is 3.56. The van der Waals surface area contributed by atoms with Crippen molar-refractivity contribution in [3.8, 4) is 0 Å². The van der Waals surface area contributed by atoms with Crippen LogP contribution < -0.4 is 5.73 Å². The average molecular weight is 235 g/mol. The van der Waals surface area contributed by atoms with E-state index in [4.69, 9.17) is 5.73 Å². The maximum Gasteiger partial charge on any atom is 0.322 e. The van der Waals surface area contributed by atoms with Gasteiger partial charge in [0.1, 0.15) is 6.04 Å². The molecule has 0 aromatic heterocycles. The van der Waals surface area contributed by atoms with Crippen molar-refractivity contribution < 1.29 is 9.53 Å². The Hall–Kier alpha value is -1.35. The maximum atomic E-state index is 11.2. The molecule has 0 aliphatic rings. The molecule has 1 atom stereocenters. The number of ether oxygens (including phenoxy) is 1. The first kappa shape index (κ1) is 13.7. The van der Waals surface area contributed by atoms with Gasteiger partial charge in [-0.1, -0.05) is 17.7 Å². The lowest BCUT2D eigenvalue weighted by Crippen LogP contribution is -2.32. The molecule has 3 heteroatoms. The van der Waals surface area contributed by atoms with E-state index in [1.807, 2.05) is 0 Å². The number of aryl methyl sites for hydroxylation is 3. The standard InChI is InChI=1S/C14H21NO2/c1-9-7-10(2)12(11(3)8-9)5-6-13(15)14(16)17-4/h7-8,13H,5-6,15H2,1-4H3. The summed E-state index contributed by atoms with van der Waals surface area (Å²) in [6, 6.07) is 3.79. The summed E-state index contributed by atoms with van der Waals surface area (Å²) in [6.07, 6.45) is 1.44. The summed E-state index contributed by atoms with van der Waals surface area (Å²) in [4.78, 5) is 11.2. The molecule has 0 aliphatic heterocycles. The van der Waals surface area contributed by atoms with Crippen LogP contribution in [0.1, 0.15) is 28.7 Å². The lowest BCUT2D eigenvalue weighted by atomic mass is 9.95. The van der Waals surface area contributed by atoms with Crippen LogP contribution in [0.4, 0.5) is 0 Å². The Morgan fingerprint density at radius 1 is 1.29 bits per heavy atom. The van der Waals surface area contributed by atoms with Crippen molar-refractivity contribution >= 4 is 5.97 Å². The molecule has 1 unspecified atom stereocenters. The lowest BCUT2D eigenvalue weighted by molar-refractivity contribution is -0.142. The van der Waals surface area contributed by atoms with Crippen molar-refractivity contribution in [3.63, 3.8) is 0 Å². The number of benzene rings is 1. The van der Waals surface area contributed by atoms with Gasteiger partial charge in [0.25, 0.3) is 0 Å². The molecule has 1 aromatic rings. The van der Waals surface area contributed by atoms with Crippen molar-refractivity contribution in [2.45, 2.75) is 39.7 Å². The van der Waals surface area contributed by atoms with Crippen molar-refractivity contribution in [1.29, 1.82) is 0 Å². The van der Waals surface area contributed by atoms with E-state index < -0.39 is 6.04 Å². The molecule has 0 spiro atoms. The minimum atomic E-state index is -0.528. The van der Waals surface area contributed by atoms with Crippen LogP contribution in [0.15, 0.2) is 12.1 Å². The summed E-state index contributed by atoms with van der Waals surface area (Å²) in [7, 11) is 1.37. The fourth-order valence-corrected chi connectivity index (χ4v) is 2.17. The fraction of sp³-hybridized carbons (Fsp3) is 0.500. The number of esters is 1. The van der Waals surface area contributed by atoms with Gasteiger partial charge in [-0.15, -0.1) is 0 Å². The van der Waals surface area contributed by atoms with Crippen LogP contribution in [0.5, 0.6) is 0 Å². The van der Waals surface area contributed by atoms with Crippen LogP contribution in [0.3, 0.4) is 0 Å². The van der Waals surface area contributed by atoms with Gasteiger partial charge in [0.2, 0.25) is 0 Å². The van der Waals surface area contributed by atoms with Gasteiger partial charge in [-0.05, 0) is 50.3 Å². The molecular weight excluding hydrogens is 214 g/mol. The minimum Gasteiger partial charge on any atom is -0.468 e. The largest absolute Gasteiger partial charge is 0.468 e. The molecule has 3 nitrogen and oxygen atoms in total. The zero-order valence-electron chi connectivity index (χ0n) is 11.0. The van der Waals surface area contributed by atoms with Crippen molar-refractivity contribution in [2.24, 2.45) is 5.73 Å². The predicted octanol–water partition coefficient (Wildman–Crippen LogP) is 2.04. The molecule has 0 saturated carbocycles. The van der Waals surface area contributed by atoms with Gasteiger partial charge < -0.3 is 10.5 Å². The van der Waals surface area contributed by atoms with E-state index in [9.17, 15) is 4.79 Å². The summed E-state index contributed by atoms with van der Waals surface area (Å²) in [5.41, 5.74) is 10.8. The second kappa shape index (κ2) is 5.82. The van der Waals surface area contributed by atoms with E-state index in [1.54, 1.807) is 0 Å². The van der Waals surface area contributed by atoms with Crippen molar-refractivity contribution in [1.82, 2.24) is 0 Å². The Morgan fingerprint density at radius 3 is 2.29 bits per heavy atom. The zero-order valence-corrected chi connectivity index (χ0v) is 11.0. The van der Waals surface area contributed by atoms with Crippen molar-refractivity contribution in [2.75, 3.05) is 7.11 Å². The molecule has 0 heterocycles. The lowest BCUT2D eigenvalue weighted by Gasteiger charge is -2.13. The van der Waals surface area contributed by atoms with E-state index in [0.29, 0.717) is 6.42 Å². The van der Waals surface area contributed by atoms with Crippen LogP contribution >= 0.6 is 0 Å². The highest BCUT2D eigenvalue weighted by atomic mass is 16.5. The van der Waals surface area contributed by atoms with Crippen LogP contribution in [-0.2, 0) is 16.0 Å². The van der Waals surface area contributed by atoms with E-state index >= 15 is 0 Å².